The number of rotatable bonds is 4. The van der Waals surface area contributed by atoms with Crippen LogP contribution in [0.3, 0.4) is 0 Å². The summed E-state index contributed by atoms with van der Waals surface area (Å²) >= 11 is 5.18. The molecule has 0 aliphatic carbocycles. The molecule has 0 fully saturated rings. The zero-order chi connectivity index (χ0) is 9.40. The molecule has 0 saturated carbocycles. The van der Waals surface area contributed by atoms with E-state index in [1.165, 1.54) is 7.11 Å². The molecule has 0 spiro atoms. The maximum absolute atomic E-state index is 10.5. The van der Waals surface area contributed by atoms with Gasteiger partial charge in [-0.3, -0.25) is 4.79 Å². The largest absolute Gasteiger partial charge is 0.508 e. The molecule has 0 radical (unpaired) electrons. The summed E-state index contributed by atoms with van der Waals surface area (Å²) in [6, 6.07) is 0. The first kappa shape index (κ1) is 11.0. The second-order valence-electron chi connectivity index (χ2n) is 1.79. The number of methoxy groups -OCH3 is 1. The number of carbonyl (C=O) groups excluding carboxylic acids is 2. The van der Waals surface area contributed by atoms with Crippen LogP contribution in [0, 0.1) is 0 Å². The van der Waals surface area contributed by atoms with E-state index in [-0.39, 0.29) is 24.9 Å². The van der Waals surface area contributed by atoms with Crippen molar-refractivity contribution >= 4 is 23.7 Å². The summed E-state index contributed by atoms with van der Waals surface area (Å²) in [5.74, 6) is -0.400. The summed E-state index contributed by atoms with van der Waals surface area (Å²) < 4.78 is 8.65. The van der Waals surface area contributed by atoms with Gasteiger partial charge in [0.2, 0.25) is 5.91 Å². The fraction of sp³-hybridized carbons (Fsp3) is 0.667. The van der Waals surface area contributed by atoms with E-state index in [1.54, 1.807) is 0 Å². The normalized spacial score (nSPS) is 8.83. The Kier molecular flexibility index (Phi) is 6.18. The van der Waals surface area contributed by atoms with Crippen LogP contribution in [0.5, 0.6) is 0 Å². The first-order valence-corrected chi connectivity index (χ1v) is 3.77. The standard InChI is InChI=1S/C6H10ClNO4/c1-11-6(10)12-3-2-8-5(9)4-7/h2-4H2,1H3,(H,8,9). The molecule has 12 heavy (non-hydrogen) atoms. The minimum absolute atomic E-state index is 0.0787. The van der Waals surface area contributed by atoms with Crippen LogP contribution in [0.15, 0.2) is 0 Å². The van der Waals surface area contributed by atoms with Gasteiger partial charge in [-0.25, -0.2) is 4.79 Å². The molecule has 1 amide bonds. The van der Waals surface area contributed by atoms with Crippen LogP contribution in [-0.2, 0) is 14.3 Å². The van der Waals surface area contributed by atoms with Gasteiger partial charge in [-0.1, -0.05) is 0 Å². The van der Waals surface area contributed by atoms with Crippen molar-refractivity contribution in [3.8, 4) is 0 Å². The van der Waals surface area contributed by atoms with E-state index in [2.05, 4.69) is 14.8 Å². The summed E-state index contributed by atoms with van der Waals surface area (Å²) in [6.45, 7) is 0.315. The van der Waals surface area contributed by atoms with E-state index in [4.69, 9.17) is 11.6 Å². The van der Waals surface area contributed by atoms with Gasteiger partial charge in [0.05, 0.1) is 13.7 Å². The van der Waals surface area contributed by atoms with Gasteiger partial charge in [0.1, 0.15) is 12.5 Å². The fourth-order valence-electron chi connectivity index (χ4n) is 0.431. The Morgan fingerprint density at radius 2 is 2.17 bits per heavy atom. The molecule has 5 nitrogen and oxygen atoms in total. The molecular weight excluding hydrogens is 186 g/mol. The zero-order valence-corrected chi connectivity index (χ0v) is 7.39. The number of amides is 1. The van der Waals surface area contributed by atoms with Crippen molar-refractivity contribution < 1.29 is 19.1 Å². The number of nitrogens with one attached hydrogen (secondary N) is 1. The van der Waals surface area contributed by atoms with E-state index in [0.29, 0.717) is 0 Å². The number of halogens is 1. The second kappa shape index (κ2) is 6.72. The Morgan fingerprint density at radius 3 is 2.67 bits per heavy atom. The Bertz CT molecular complexity index is 144. The summed E-state index contributed by atoms with van der Waals surface area (Å²) in [4.78, 5) is 20.9. The topological polar surface area (TPSA) is 64.6 Å². The molecule has 0 heterocycles. The molecule has 0 rings (SSSR count). The van der Waals surface area contributed by atoms with Crippen LogP contribution in [0.2, 0.25) is 0 Å². The van der Waals surface area contributed by atoms with Crippen molar-refractivity contribution in [1.29, 1.82) is 0 Å². The molecule has 0 aliphatic rings. The summed E-state index contributed by atoms with van der Waals surface area (Å²) in [7, 11) is 1.21. The molecule has 0 aromatic rings. The Balaban J connectivity index is 3.21. The van der Waals surface area contributed by atoms with Gasteiger partial charge in [-0.2, -0.15) is 0 Å². The number of hydrogen-bond donors (Lipinski definition) is 1. The molecule has 1 N–H and O–H groups in total. The lowest BCUT2D eigenvalue weighted by molar-refractivity contribution is -0.118. The van der Waals surface area contributed by atoms with Crippen LogP contribution in [-0.4, -0.2) is 38.2 Å². The number of ether oxygens (including phenoxy) is 2. The zero-order valence-electron chi connectivity index (χ0n) is 6.63. The van der Waals surface area contributed by atoms with E-state index >= 15 is 0 Å². The molecule has 0 aromatic heterocycles. The highest BCUT2D eigenvalue weighted by molar-refractivity contribution is 6.27. The van der Waals surface area contributed by atoms with Crippen LogP contribution in [0.4, 0.5) is 4.79 Å². The fourth-order valence-corrected chi connectivity index (χ4v) is 0.525. The van der Waals surface area contributed by atoms with Crippen molar-refractivity contribution in [3.05, 3.63) is 0 Å². The number of alkyl halides is 1. The molecule has 6 heteroatoms. The number of hydrogen-bond acceptors (Lipinski definition) is 4. The average molecular weight is 196 g/mol. The van der Waals surface area contributed by atoms with Gasteiger partial charge in [0.15, 0.2) is 0 Å². The van der Waals surface area contributed by atoms with E-state index in [1.807, 2.05) is 0 Å². The van der Waals surface area contributed by atoms with Crippen LogP contribution in [0.25, 0.3) is 0 Å². The van der Waals surface area contributed by atoms with E-state index in [9.17, 15) is 9.59 Å². The van der Waals surface area contributed by atoms with Crippen molar-refractivity contribution in [2.45, 2.75) is 0 Å². The maximum Gasteiger partial charge on any atom is 0.508 e. The summed E-state index contributed by atoms with van der Waals surface area (Å²) in [6.07, 6.45) is -0.768. The van der Waals surface area contributed by atoms with Gasteiger partial charge in [-0.15, -0.1) is 11.6 Å². The monoisotopic (exact) mass is 195 g/mol. The third kappa shape index (κ3) is 5.79. The summed E-state index contributed by atoms with van der Waals surface area (Å²) in [5.41, 5.74) is 0. The average Bonchev–Trinajstić information content (AvgIpc) is 2.11. The number of carbonyl (C=O) groups is 2. The molecule has 0 bridgehead atoms. The van der Waals surface area contributed by atoms with Gasteiger partial charge in [0.25, 0.3) is 0 Å². The lowest BCUT2D eigenvalue weighted by Crippen LogP contribution is -2.28. The maximum atomic E-state index is 10.5. The first-order chi connectivity index (χ1) is 5.70. The highest BCUT2D eigenvalue weighted by atomic mass is 35.5. The molecule has 0 aliphatic heterocycles. The van der Waals surface area contributed by atoms with Crippen LogP contribution < -0.4 is 5.32 Å². The van der Waals surface area contributed by atoms with Gasteiger partial charge in [0, 0.05) is 0 Å². The minimum Gasteiger partial charge on any atom is -0.438 e. The van der Waals surface area contributed by atoms with E-state index in [0.717, 1.165) is 0 Å². The molecule has 70 valence electrons. The quantitative estimate of drug-likeness (QED) is 0.393. The van der Waals surface area contributed by atoms with E-state index < -0.39 is 6.16 Å². The van der Waals surface area contributed by atoms with Gasteiger partial charge >= 0.3 is 6.16 Å². The Hall–Kier alpha value is -0.970. The highest BCUT2D eigenvalue weighted by Crippen LogP contribution is 1.80. The lowest BCUT2D eigenvalue weighted by atomic mass is 10.6. The highest BCUT2D eigenvalue weighted by Gasteiger charge is 2.00. The molecule has 0 aromatic carbocycles. The van der Waals surface area contributed by atoms with Crippen molar-refractivity contribution in [1.82, 2.24) is 5.32 Å². The Morgan fingerprint density at radius 1 is 1.50 bits per heavy atom. The van der Waals surface area contributed by atoms with Gasteiger partial charge < -0.3 is 14.8 Å². The smallest absolute Gasteiger partial charge is 0.438 e. The van der Waals surface area contributed by atoms with Gasteiger partial charge in [-0.05, 0) is 0 Å². The third-order valence-electron chi connectivity index (χ3n) is 0.932. The third-order valence-corrected chi connectivity index (χ3v) is 1.17. The van der Waals surface area contributed by atoms with Crippen molar-refractivity contribution in [2.75, 3.05) is 26.1 Å². The predicted octanol–water partition coefficient (Wildman–Crippen LogP) is 0.124. The molecule has 0 unspecified atom stereocenters. The van der Waals surface area contributed by atoms with Crippen molar-refractivity contribution in [2.24, 2.45) is 0 Å². The predicted molar refractivity (Wildman–Crippen MR) is 42.1 cm³/mol. The molecule has 0 atom stereocenters. The first-order valence-electron chi connectivity index (χ1n) is 3.24. The Labute approximate surface area is 75.0 Å². The molecular formula is C6H10ClNO4. The summed E-state index contributed by atoms with van der Waals surface area (Å²) in [5, 5.41) is 2.41. The SMILES string of the molecule is COC(=O)OCCNC(=O)CCl. The second-order valence-corrected chi connectivity index (χ2v) is 2.05. The van der Waals surface area contributed by atoms with Crippen LogP contribution >= 0.6 is 11.6 Å². The molecule has 0 saturated heterocycles. The minimum atomic E-state index is -0.768. The van der Waals surface area contributed by atoms with Crippen LogP contribution in [0.1, 0.15) is 0 Å². The van der Waals surface area contributed by atoms with Crippen molar-refractivity contribution in [3.63, 3.8) is 0 Å². The lowest BCUT2D eigenvalue weighted by Gasteiger charge is -2.03.